The van der Waals surface area contributed by atoms with Crippen molar-refractivity contribution in [3.05, 3.63) is 11.5 Å². The van der Waals surface area contributed by atoms with E-state index in [2.05, 4.69) is 26.8 Å². The lowest BCUT2D eigenvalue weighted by molar-refractivity contribution is 0.0257. The molecule has 0 spiro atoms. The molecule has 24 heavy (non-hydrogen) atoms. The molecule has 0 aromatic heterocycles. The van der Waals surface area contributed by atoms with Crippen molar-refractivity contribution < 1.29 is 18.8 Å². The van der Waals surface area contributed by atoms with E-state index in [1.165, 1.54) is 0 Å². The molecular formula is C18H34BNO4. The molecule has 0 aromatic carbocycles. The molecule has 1 aliphatic heterocycles. The third kappa shape index (κ3) is 7.26. The van der Waals surface area contributed by atoms with E-state index in [0.717, 1.165) is 24.7 Å². The van der Waals surface area contributed by atoms with Crippen LogP contribution >= 0.6 is 0 Å². The molecule has 1 rings (SSSR count). The zero-order valence-electron chi connectivity index (χ0n) is 16.5. The van der Waals surface area contributed by atoms with Crippen LogP contribution in [0.3, 0.4) is 0 Å². The van der Waals surface area contributed by atoms with Crippen molar-refractivity contribution >= 4 is 13.2 Å². The van der Waals surface area contributed by atoms with Gasteiger partial charge in [0.15, 0.2) is 0 Å². The van der Waals surface area contributed by atoms with Crippen molar-refractivity contribution in [2.24, 2.45) is 0 Å². The fraction of sp³-hybridized carbons (Fsp3) is 0.833. The molecule has 0 saturated carbocycles. The molecule has 0 aliphatic carbocycles. The first-order valence-electron chi connectivity index (χ1n) is 9.04. The number of carbonyl (C=O) groups excluding carboxylic acids is 1. The van der Waals surface area contributed by atoms with Gasteiger partial charge >= 0.3 is 13.2 Å². The van der Waals surface area contributed by atoms with Crippen LogP contribution in [-0.4, -0.2) is 49.0 Å². The number of hydrogen-bond acceptors (Lipinski definition) is 4. The minimum atomic E-state index is -0.470. The second kappa shape index (κ2) is 8.91. The lowest BCUT2D eigenvalue weighted by Crippen LogP contribution is -2.39. The van der Waals surface area contributed by atoms with E-state index in [0.29, 0.717) is 19.7 Å². The highest BCUT2D eigenvalue weighted by Crippen LogP contribution is 2.23. The number of amides is 1. The van der Waals surface area contributed by atoms with Crippen LogP contribution in [0.4, 0.5) is 4.79 Å². The first-order valence-corrected chi connectivity index (χ1v) is 9.04. The fourth-order valence-electron chi connectivity index (χ4n) is 2.35. The van der Waals surface area contributed by atoms with Crippen molar-refractivity contribution in [1.29, 1.82) is 0 Å². The van der Waals surface area contributed by atoms with Gasteiger partial charge in [-0.15, -0.1) is 0 Å². The van der Waals surface area contributed by atoms with Crippen LogP contribution in [0.25, 0.3) is 0 Å². The molecule has 6 heteroatoms. The van der Waals surface area contributed by atoms with Gasteiger partial charge < -0.3 is 18.9 Å². The number of carbonyl (C=O) groups is 1. The highest BCUT2D eigenvalue weighted by Gasteiger charge is 2.32. The van der Waals surface area contributed by atoms with Crippen molar-refractivity contribution in [1.82, 2.24) is 4.90 Å². The van der Waals surface area contributed by atoms with E-state index in [1.807, 2.05) is 27.7 Å². The minimum Gasteiger partial charge on any atom is -0.444 e. The summed E-state index contributed by atoms with van der Waals surface area (Å²) in [6, 6.07) is 0. The second-order valence-electron chi connectivity index (χ2n) is 7.80. The summed E-state index contributed by atoms with van der Waals surface area (Å²) >= 11 is 0. The summed E-state index contributed by atoms with van der Waals surface area (Å²) in [7, 11) is -0.344. The third-order valence-corrected chi connectivity index (χ3v) is 4.03. The topological polar surface area (TPSA) is 48.0 Å². The summed E-state index contributed by atoms with van der Waals surface area (Å²) in [6.07, 6.45) is 4.34. The highest BCUT2D eigenvalue weighted by atomic mass is 16.6. The van der Waals surface area contributed by atoms with Crippen LogP contribution in [0.1, 0.15) is 67.7 Å². The standard InChI is InChI=1S/C18H34BNO4/c1-8-18(6,7)24-19(22-9-2)15-11-10-13-20(14-12-15)16(21)23-17(3,4)5/h11H,8-10,12-14H2,1-7H3. The third-order valence-electron chi connectivity index (χ3n) is 4.03. The molecule has 5 nitrogen and oxygen atoms in total. The number of rotatable bonds is 6. The maximum absolute atomic E-state index is 12.3. The van der Waals surface area contributed by atoms with Crippen LogP contribution < -0.4 is 0 Å². The normalized spacial score (nSPS) is 16.5. The predicted molar refractivity (Wildman–Crippen MR) is 98.0 cm³/mol. The first-order chi connectivity index (χ1) is 11.1. The van der Waals surface area contributed by atoms with Gasteiger partial charge in [-0.2, -0.15) is 0 Å². The molecule has 0 aromatic rings. The molecule has 1 heterocycles. The molecule has 0 N–H and O–H groups in total. The Hall–Kier alpha value is -1.01. The first kappa shape index (κ1) is 21.0. The number of ether oxygens (including phenoxy) is 1. The fourth-order valence-corrected chi connectivity index (χ4v) is 2.35. The molecule has 1 amide bonds. The lowest BCUT2D eigenvalue weighted by Gasteiger charge is -2.29. The van der Waals surface area contributed by atoms with Crippen LogP contribution in [0, 0.1) is 0 Å². The van der Waals surface area contributed by atoms with Gasteiger partial charge in [-0.25, -0.2) is 4.79 Å². The summed E-state index contributed by atoms with van der Waals surface area (Å²) in [5, 5.41) is 0. The Kier molecular flexibility index (Phi) is 7.81. The van der Waals surface area contributed by atoms with E-state index in [4.69, 9.17) is 14.0 Å². The van der Waals surface area contributed by atoms with Crippen molar-refractivity contribution in [3.63, 3.8) is 0 Å². The van der Waals surface area contributed by atoms with Gasteiger partial charge in [0, 0.05) is 25.3 Å². The zero-order valence-corrected chi connectivity index (χ0v) is 16.5. The van der Waals surface area contributed by atoms with Gasteiger partial charge in [0.2, 0.25) is 0 Å². The molecule has 1 aliphatic rings. The summed E-state index contributed by atoms with van der Waals surface area (Å²) in [5.74, 6) is 0. The average molecular weight is 339 g/mol. The van der Waals surface area contributed by atoms with Crippen LogP contribution in [0.5, 0.6) is 0 Å². The van der Waals surface area contributed by atoms with Gasteiger partial charge in [-0.3, -0.25) is 0 Å². The Balaban J connectivity index is 2.70. The van der Waals surface area contributed by atoms with E-state index in [9.17, 15) is 4.79 Å². The Morgan fingerprint density at radius 1 is 1.21 bits per heavy atom. The summed E-state index contributed by atoms with van der Waals surface area (Å²) < 4.78 is 17.5. The zero-order chi connectivity index (χ0) is 18.4. The van der Waals surface area contributed by atoms with E-state index in [1.54, 1.807) is 4.90 Å². The van der Waals surface area contributed by atoms with Crippen LogP contribution in [0.2, 0.25) is 0 Å². The van der Waals surface area contributed by atoms with Crippen LogP contribution in [0.15, 0.2) is 11.5 Å². The number of nitrogens with zero attached hydrogens (tertiary/aromatic N) is 1. The molecule has 0 atom stereocenters. The smallest absolute Gasteiger partial charge is 0.444 e. The minimum absolute atomic E-state index is 0.238. The van der Waals surface area contributed by atoms with E-state index >= 15 is 0 Å². The Morgan fingerprint density at radius 3 is 2.42 bits per heavy atom. The van der Waals surface area contributed by atoms with E-state index < -0.39 is 5.60 Å². The highest BCUT2D eigenvalue weighted by molar-refractivity contribution is 6.53. The Labute approximate surface area is 147 Å². The summed E-state index contributed by atoms with van der Waals surface area (Å²) in [6.45, 7) is 15.8. The van der Waals surface area contributed by atoms with Gasteiger partial charge in [0.25, 0.3) is 0 Å². The average Bonchev–Trinajstić information content (AvgIpc) is 2.71. The maximum Gasteiger partial charge on any atom is 0.489 e. The van der Waals surface area contributed by atoms with Gasteiger partial charge in [-0.1, -0.05) is 13.0 Å². The van der Waals surface area contributed by atoms with Crippen molar-refractivity contribution in [2.75, 3.05) is 19.7 Å². The second-order valence-corrected chi connectivity index (χ2v) is 7.80. The van der Waals surface area contributed by atoms with Crippen molar-refractivity contribution in [2.45, 2.75) is 78.9 Å². The Bertz CT molecular complexity index is 443. The Morgan fingerprint density at radius 2 is 1.88 bits per heavy atom. The number of hydrogen-bond donors (Lipinski definition) is 0. The predicted octanol–water partition coefficient (Wildman–Crippen LogP) is 4.21. The molecule has 0 bridgehead atoms. The SMILES string of the molecule is CCOB(OC(C)(C)CC)C1=CCCN(C(=O)OC(C)(C)C)CC1. The monoisotopic (exact) mass is 339 g/mol. The van der Waals surface area contributed by atoms with Gasteiger partial charge in [0.1, 0.15) is 5.60 Å². The van der Waals surface area contributed by atoms with Crippen molar-refractivity contribution in [3.8, 4) is 0 Å². The lowest BCUT2D eigenvalue weighted by atomic mass is 9.74. The summed E-state index contributed by atoms with van der Waals surface area (Å²) in [4.78, 5) is 14.0. The van der Waals surface area contributed by atoms with Gasteiger partial charge in [0.05, 0.1) is 0 Å². The largest absolute Gasteiger partial charge is 0.489 e. The molecule has 138 valence electrons. The molecule has 0 saturated heterocycles. The molecular weight excluding hydrogens is 305 g/mol. The quantitative estimate of drug-likeness (QED) is 0.680. The van der Waals surface area contributed by atoms with Gasteiger partial charge in [-0.05, 0) is 66.3 Å². The molecule has 0 unspecified atom stereocenters. The van der Waals surface area contributed by atoms with E-state index in [-0.39, 0.29) is 18.8 Å². The molecule has 0 fully saturated rings. The maximum atomic E-state index is 12.3. The van der Waals surface area contributed by atoms with Crippen LogP contribution in [-0.2, 0) is 14.0 Å². The summed E-state index contributed by atoms with van der Waals surface area (Å²) in [5.41, 5.74) is 0.406. The molecule has 0 radical (unpaired) electrons.